The van der Waals surface area contributed by atoms with Gasteiger partial charge in [0.15, 0.2) is 0 Å². The number of benzene rings is 2. The summed E-state index contributed by atoms with van der Waals surface area (Å²) < 4.78 is 12.9. The SMILES string of the molecule is COCCn1c(COc2ccccc2)nc2cc(C(=O)O)ccc21. The summed E-state index contributed by atoms with van der Waals surface area (Å²) in [6.45, 7) is 1.45. The fourth-order valence-electron chi connectivity index (χ4n) is 2.52. The van der Waals surface area contributed by atoms with Crippen molar-refractivity contribution in [3.63, 3.8) is 0 Å². The van der Waals surface area contributed by atoms with Crippen molar-refractivity contribution >= 4 is 17.0 Å². The van der Waals surface area contributed by atoms with Crippen molar-refractivity contribution in [3.05, 3.63) is 59.9 Å². The van der Waals surface area contributed by atoms with Crippen LogP contribution in [0.1, 0.15) is 16.2 Å². The molecule has 0 radical (unpaired) electrons. The van der Waals surface area contributed by atoms with Crippen LogP contribution < -0.4 is 4.74 Å². The molecule has 0 atom stereocenters. The molecule has 124 valence electrons. The van der Waals surface area contributed by atoms with Gasteiger partial charge >= 0.3 is 5.97 Å². The molecule has 0 saturated carbocycles. The number of carboxylic acid groups (broad SMARTS) is 1. The molecular weight excluding hydrogens is 308 g/mol. The first-order valence-corrected chi connectivity index (χ1v) is 7.58. The minimum absolute atomic E-state index is 0.217. The molecule has 1 N–H and O–H groups in total. The van der Waals surface area contributed by atoms with E-state index in [-0.39, 0.29) is 5.56 Å². The number of fused-ring (bicyclic) bond motifs is 1. The monoisotopic (exact) mass is 326 g/mol. The van der Waals surface area contributed by atoms with Crippen LogP contribution in [0, 0.1) is 0 Å². The van der Waals surface area contributed by atoms with Gasteiger partial charge in [0.1, 0.15) is 18.2 Å². The summed E-state index contributed by atoms with van der Waals surface area (Å²) in [5.74, 6) is 0.521. The van der Waals surface area contributed by atoms with E-state index in [0.29, 0.717) is 25.3 Å². The van der Waals surface area contributed by atoms with Crippen LogP contribution in [0.5, 0.6) is 5.75 Å². The van der Waals surface area contributed by atoms with Gasteiger partial charge in [-0.3, -0.25) is 0 Å². The fourth-order valence-corrected chi connectivity index (χ4v) is 2.52. The minimum atomic E-state index is -0.967. The maximum Gasteiger partial charge on any atom is 0.335 e. The van der Waals surface area contributed by atoms with Gasteiger partial charge in [0.2, 0.25) is 0 Å². The maximum absolute atomic E-state index is 11.1. The van der Waals surface area contributed by atoms with E-state index < -0.39 is 5.97 Å². The van der Waals surface area contributed by atoms with Gasteiger partial charge in [-0.25, -0.2) is 9.78 Å². The third-order valence-corrected chi connectivity index (χ3v) is 3.70. The van der Waals surface area contributed by atoms with E-state index in [9.17, 15) is 4.79 Å². The van der Waals surface area contributed by atoms with Crippen LogP contribution in [0.3, 0.4) is 0 Å². The van der Waals surface area contributed by atoms with E-state index in [1.807, 2.05) is 34.9 Å². The highest BCUT2D eigenvalue weighted by molar-refractivity contribution is 5.92. The first-order valence-electron chi connectivity index (χ1n) is 7.58. The molecule has 6 heteroatoms. The van der Waals surface area contributed by atoms with Gasteiger partial charge in [-0.1, -0.05) is 18.2 Å². The lowest BCUT2D eigenvalue weighted by Gasteiger charge is -2.10. The third kappa shape index (κ3) is 3.38. The summed E-state index contributed by atoms with van der Waals surface area (Å²) in [6, 6.07) is 14.4. The fraction of sp³-hybridized carbons (Fsp3) is 0.222. The van der Waals surface area contributed by atoms with E-state index in [1.165, 1.54) is 0 Å². The Balaban J connectivity index is 1.93. The van der Waals surface area contributed by atoms with Crippen molar-refractivity contribution in [3.8, 4) is 5.75 Å². The number of ether oxygens (including phenoxy) is 2. The van der Waals surface area contributed by atoms with Crippen LogP contribution >= 0.6 is 0 Å². The Morgan fingerprint density at radius 2 is 2.00 bits per heavy atom. The van der Waals surface area contributed by atoms with Gasteiger partial charge in [-0.2, -0.15) is 0 Å². The van der Waals surface area contributed by atoms with Crippen molar-refractivity contribution in [1.82, 2.24) is 9.55 Å². The van der Waals surface area contributed by atoms with Gasteiger partial charge in [0, 0.05) is 13.7 Å². The first-order chi connectivity index (χ1) is 11.7. The van der Waals surface area contributed by atoms with Crippen molar-refractivity contribution in [2.24, 2.45) is 0 Å². The highest BCUT2D eigenvalue weighted by atomic mass is 16.5. The smallest absolute Gasteiger partial charge is 0.335 e. The van der Waals surface area contributed by atoms with Crippen molar-refractivity contribution in [1.29, 1.82) is 0 Å². The van der Waals surface area contributed by atoms with E-state index in [4.69, 9.17) is 14.6 Å². The number of hydrogen-bond donors (Lipinski definition) is 1. The number of nitrogens with zero attached hydrogens (tertiary/aromatic N) is 2. The normalized spacial score (nSPS) is 10.9. The van der Waals surface area contributed by atoms with Gasteiger partial charge in [-0.15, -0.1) is 0 Å². The Bertz CT molecular complexity index is 843. The molecule has 0 bridgehead atoms. The Labute approximate surface area is 139 Å². The zero-order valence-electron chi connectivity index (χ0n) is 13.3. The van der Waals surface area contributed by atoms with Gasteiger partial charge in [0.25, 0.3) is 0 Å². The zero-order valence-corrected chi connectivity index (χ0v) is 13.3. The summed E-state index contributed by atoms with van der Waals surface area (Å²) in [5.41, 5.74) is 1.72. The molecule has 2 aromatic carbocycles. The van der Waals surface area contributed by atoms with Crippen molar-refractivity contribution in [2.45, 2.75) is 13.2 Å². The highest BCUT2D eigenvalue weighted by Gasteiger charge is 2.13. The lowest BCUT2D eigenvalue weighted by atomic mass is 10.2. The molecule has 1 heterocycles. The molecule has 0 aliphatic heterocycles. The number of aromatic carboxylic acids is 1. The number of aromatic nitrogens is 2. The lowest BCUT2D eigenvalue weighted by molar-refractivity contribution is 0.0697. The lowest BCUT2D eigenvalue weighted by Crippen LogP contribution is -2.10. The van der Waals surface area contributed by atoms with E-state index >= 15 is 0 Å². The van der Waals surface area contributed by atoms with Crippen LogP contribution in [0.15, 0.2) is 48.5 Å². The molecule has 0 amide bonds. The first kappa shape index (κ1) is 16.0. The summed E-state index contributed by atoms with van der Waals surface area (Å²) in [4.78, 5) is 15.7. The quantitative estimate of drug-likeness (QED) is 0.722. The van der Waals surface area contributed by atoms with Crippen LogP contribution in [0.4, 0.5) is 0 Å². The van der Waals surface area contributed by atoms with Crippen LogP contribution in [0.25, 0.3) is 11.0 Å². The van der Waals surface area contributed by atoms with Gasteiger partial charge in [-0.05, 0) is 30.3 Å². The van der Waals surface area contributed by atoms with Crippen molar-refractivity contribution in [2.75, 3.05) is 13.7 Å². The Kier molecular flexibility index (Phi) is 4.77. The van der Waals surface area contributed by atoms with Gasteiger partial charge in [0.05, 0.1) is 23.2 Å². The number of para-hydroxylation sites is 1. The Hall–Kier alpha value is -2.86. The molecule has 3 aromatic rings. The second-order valence-electron chi connectivity index (χ2n) is 5.28. The number of methoxy groups -OCH3 is 1. The van der Waals surface area contributed by atoms with Crippen LogP contribution in [0.2, 0.25) is 0 Å². The molecule has 0 spiro atoms. The van der Waals surface area contributed by atoms with Crippen LogP contribution in [-0.2, 0) is 17.9 Å². The van der Waals surface area contributed by atoms with E-state index in [0.717, 1.165) is 17.1 Å². The zero-order chi connectivity index (χ0) is 16.9. The average molecular weight is 326 g/mol. The number of imidazole rings is 1. The molecule has 0 unspecified atom stereocenters. The van der Waals surface area contributed by atoms with Gasteiger partial charge < -0.3 is 19.1 Å². The predicted octanol–water partition coefficient (Wildman–Crippen LogP) is 2.96. The third-order valence-electron chi connectivity index (χ3n) is 3.70. The molecule has 24 heavy (non-hydrogen) atoms. The highest BCUT2D eigenvalue weighted by Crippen LogP contribution is 2.20. The van der Waals surface area contributed by atoms with Crippen molar-refractivity contribution < 1.29 is 19.4 Å². The molecule has 1 aromatic heterocycles. The molecule has 3 rings (SSSR count). The molecule has 0 aliphatic rings. The molecule has 0 saturated heterocycles. The standard InChI is InChI=1S/C18H18N2O4/c1-23-10-9-20-16-8-7-13(18(21)22)11-15(16)19-17(20)12-24-14-5-3-2-4-6-14/h2-8,11H,9-10,12H2,1H3,(H,21,22). The molecule has 0 aliphatic carbocycles. The predicted molar refractivity (Wildman–Crippen MR) is 89.3 cm³/mol. The second kappa shape index (κ2) is 7.14. The second-order valence-corrected chi connectivity index (χ2v) is 5.28. The van der Waals surface area contributed by atoms with E-state index in [2.05, 4.69) is 4.98 Å². The number of rotatable bonds is 7. The number of hydrogen-bond acceptors (Lipinski definition) is 4. The number of carboxylic acids is 1. The molecule has 6 nitrogen and oxygen atoms in total. The Morgan fingerprint density at radius 1 is 1.21 bits per heavy atom. The summed E-state index contributed by atoms with van der Waals surface area (Å²) in [5, 5.41) is 9.13. The maximum atomic E-state index is 11.1. The summed E-state index contributed by atoms with van der Waals surface area (Å²) >= 11 is 0. The minimum Gasteiger partial charge on any atom is -0.486 e. The molecule has 0 fully saturated rings. The largest absolute Gasteiger partial charge is 0.486 e. The average Bonchev–Trinajstić information content (AvgIpc) is 2.95. The van der Waals surface area contributed by atoms with Crippen LogP contribution in [-0.4, -0.2) is 34.3 Å². The van der Waals surface area contributed by atoms with E-state index in [1.54, 1.807) is 25.3 Å². The molecular formula is C18H18N2O4. The summed E-state index contributed by atoms with van der Waals surface area (Å²) in [6.07, 6.45) is 0. The topological polar surface area (TPSA) is 73.6 Å². The number of carbonyl (C=O) groups is 1. The Morgan fingerprint density at radius 3 is 2.71 bits per heavy atom. The summed E-state index contributed by atoms with van der Waals surface area (Å²) in [7, 11) is 1.64.